The average molecular weight is 418 g/mol. The Bertz CT molecular complexity index is 987. The van der Waals surface area contributed by atoms with Crippen LogP contribution in [0, 0.1) is 17.1 Å². The molecule has 2 aromatic rings. The summed E-state index contributed by atoms with van der Waals surface area (Å²) in [6.45, 7) is 4.13. The van der Waals surface area contributed by atoms with Gasteiger partial charge in [0.25, 0.3) is 5.91 Å². The molecule has 0 saturated carbocycles. The lowest BCUT2D eigenvalue weighted by molar-refractivity contribution is 0.0741. The second kappa shape index (κ2) is 10.1. The fraction of sp³-hybridized carbons (Fsp3) is 0.350. The largest absolute Gasteiger partial charge is 0.333 e. The Morgan fingerprint density at radius 2 is 1.97 bits per heavy atom. The SMILES string of the molecule is CCN(CC)S(=O)(=O)c1ccc(F)c(C(=O)N(CCC#N)Cc2cccnc2)c1. The van der Waals surface area contributed by atoms with Crippen LogP contribution in [0.25, 0.3) is 0 Å². The van der Waals surface area contributed by atoms with Gasteiger partial charge < -0.3 is 4.90 Å². The molecule has 0 saturated heterocycles. The van der Waals surface area contributed by atoms with E-state index in [1.807, 2.05) is 6.07 Å². The first-order chi connectivity index (χ1) is 13.8. The molecule has 1 aromatic heterocycles. The zero-order chi connectivity index (χ0) is 21.4. The number of nitriles is 1. The van der Waals surface area contributed by atoms with E-state index < -0.39 is 21.7 Å². The molecule has 29 heavy (non-hydrogen) atoms. The third-order valence-corrected chi connectivity index (χ3v) is 6.43. The van der Waals surface area contributed by atoms with Crippen LogP contribution in [-0.2, 0) is 16.6 Å². The molecule has 0 aliphatic carbocycles. The van der Waals surface area contributed by atoms with E-state index in [1.54, 1.807) is 38.4 Å². The molecular formula is C20H23FN4O3S. The zero-order valence-corrected chi connectivity index (χ0v) is 17.2. The van der Waals surface area contributed by atoms with Crippen molar-refractivity contribution in [2.45, 2.75) is 31.7 Å². The third-order valence-electron chi connectivity index (χ3n) is 4.39. The van der Waals surface area contributed by atoms with Crippen LogP contribution in [0.5, 0.6) is 0 Å². The van der Waals surface area contributed by atoms with Gasteiger partial charge in [-0.2, -0.15) is 9.57 Å². The molecule has 0 radical (unpaired) electrons. The fourth-order valence-corrected chi connectivity index (χ4v) is 4.35. The number of halogens is 1. The lowest BCUT2D eigenvalue weighted by Crippen LogP contribution is -2.33. The van der Waals surface area contributed by atoms with Crippen molar-refractivity contribution in [1.29, 1.82) is 5.26 Å². The van der Waals surface area contributed by atoms with Gasteiger partial charge in [-0.3, -0.25) is 9.78 Å². The minimum Gasteiger partial charge on any atom is -0.333 e. The maximum absolute atomic E-state index is 14.5. The molecule has 0 N–H and O–H groups in total. The van der Waals surface area contributed by atoms with Crippen molar-refractivity contribution in [3.05, 3.63) is 59.7 Å². The van der Waals surface area contributed by atoms with Crippen LogP contribution >= 0.6 is 0 Å². The van der Waals surface area contributed by atoms with Crippen molar-refractivity contribution in [2.24, 2.45) is 0 Å². The topological polar surface area (TPSA) is 94.4 Å². The van der Waals surface area contributed by atoms with Gasteiger partial charge in [-0.15, -0.1) is 0 Å². The van der Waals surface area contributed by atoms with Gasteiger partial charge in [0.1, 0.15) is 5.82 Å². The number of sulfonamides is 1. The van der Waals surface area contributed by atoms with Gasteiger partial charge in [0, 0.05) is 38.6 Å². The number of rotatable bonds is 9. The molecule has 1 aromatic carbocycles. The Kier molecular flexibility index (Phi) is 7.82. The Hall–Kier alpha value is -2.83. The summed E-state index contributed by atoms with van der Waals surface area (Å²) < 4.78 is 41.2. The minimum atomic E-state index is -3.84. The van der Waals surface area contributed by atoms with Gasteiger partial charge >= 0.3 is 0 Å². The number of carbonyl (C=O) groups excluding carboxylic acids is 1. The maximum atomic E-state index is 14.5. The molecule has 0 unspecified atom stereocenters. The lowest BCUT2D eigenvalue weighted by atomic mass is 10.1. The van der Waals surface area contributed by atoms with Crippen LogP contribution in [0.4, 0.5) is 4.39 Å². The first-order valence-electron chi connectivity index (χ1n) is 9.20. The molecule has 7 nitrogen and oxygen atoms in total. The normalized spacial score (nSPS) is 11.3. The monoisotopic (exact) mass is 418 g/mol. The van der Waals surface area contributed by atoms with E-state index in [9.17, 15) is 17.6 Å². The highest BCUT2D eigenvalue weighted by Crippen LogP contribution is 2.21. The number of nitrogens with zero attached hydrogens (tertiary/aromatic N) is 4. The zero-order valence-electron chi connectivity index (χ0n) is 16.4. The molecule has 0 atom stereocenters. The van der Waals surface area contributed by atoms with Crippen molar-refractivity contribution in [1.82, 2.24) is 14.2 Å². The van der Waals surface area contributed by atoms with Crippen molar-refractivity contribution < 1.29 is 17.6 Å². The molecule has 2 rings (SSSR count). The van der Waals surface area contributed by atoms with E-state index >= 15 is 0 Å². The summed E-state index contributed by atoms with van der Waals surface area (Å²) >= 11 is 0. The Morgan fingerprint density at radius 1 is 1.24 bits per heavy atom. The van der Waals surface area contributed by atoms with Gasteiger partial charge in [-0.05, 0) is 29.8 Å². The van der Waals surface area contributed by atoms with E-state index in [1.165, 1.54) is 9.21 Å². The van der Waals surface area contributed by atoms with Crippen molar-refractivity contribution in [2.75, 3.05) is 19.6 Å². The molecule has 0 spiro atoms. The second-order valence-corrected chi connectivity index (χ2v) is 8.17. The smallest absolute Gasteiger partial charge is 0.257 e. The standard InChI is InChI=1S/C20H23FN4O3S/c1-3-25(4-2)29(27,28)17-8-9-19(21)18(13-17)20(26)24(12-6-10-22)15-16-7-5-11-23-14-16/h5,7-9,11,13-14H,3-4,6,12,15H2,1-2H3. The van der Waals surface area contributed by atoms with Crippen LogP contribution < -0.4 is 0 Å². The number of pyridine rings is 1. The van der Waals surface area contributed by atoms with Crippen LogP contribution in [0.2, 0.25) is 0 Å². The summed E-state index contributed by atoms with van der Waals surface area (Å²) in [4.78, 5) is 18.2. The highest BCUT2D eigenvalue weighted by molar-refractivity contribution is 7.89. The van der Waals surface area contributed by atoms with E-state index in [0.29, 0.717) is 5.56 Å². The van der Waals surface area contributed by atoms with Gasteiger partial charge in [-0.1, -0.05) is 19.9 Å². The van der Waals surface area contributed by atoms with E-state index in [0.717, 1.165) is 18.2 Å². The Balaban J connectivity index is 2.41. The molecule has 0 bridgehead atoms. The molecular weight excluding hydrogens is 395 g/mol. The number of hydrogen-bond acceptors (Lipinski definition) is 5. The summed E-state index contributed by atoms with van der Waals surface area (Å²) in [7, 11) is -3.84. The van der Waals surface area contributed by atoms with Crippen molar-refractivity contribution in [3.63, 3.8) is 0 Å². The summed E-state index contributed by atoms with van der Waals surface area (Å²) in [6, 6.07) is 8.63. The molecule has 0 fully saturated rings. The number of amides is 1. The summed E-state index contributed by atoms with van der Waals surface area (Å²) in [5.41, 5.74) is 0.367. The van der Waals surface area contributed by atoms with Crippen LogP contribution in [0.15, 0.2) is 47.6 Å². The molecule has 154 valence electrons. The third kappa shape index (κ3) is 5.37. The van der Waals surface area contributed by atoms with Gasteiger partial charge in [-0.25, -0.2) is 12.8 Å². The van der Waals surface area contributed by atoms with Crippen LogP contribution in [-0.4, -0.2) is 48.1 Å². The van der Waals surface area contributed by atoms with E-state index in [2.05, 4.69) is 4.98 Å². The quantitative estimate of drug-likeness (QED) is 0.624. The van der Waals surface area contributed by atoms with Gasteiger partial charge in [0.2, 0.25) is 10.0 Å². The first-order valence-corrected chi connectivity index (χ1v) is 10.6. The predicted molar refractivity (Wildman–Crippen MR) is 106 cm³/mol. The van der Waals surface area contributed by atoms with Crippen LogP contribution in [0.1, 0.15) is 36.2 Å². The summed E-state index contributed by atoms with van der Waals surface area (Å²) in [5, 5.41) is 8.90. The molecule has 9 heteroatoms. The summed E-state index contributed by atoms with van der Waals surface area (Å²) in [6.07, 6.45) is 3.22. The lowest BCUT2D eigenvalue weighted by Gasteiger charge is -2.23. The molecule has 0 aliphatic heterocycles. The number of aromatic nitrogens is 1. The Labute approximate surface area is 170 Å². The second-order valence-electron chi connectivity index (χ2n) is 6.23. The Morgan fingerprint density at radius 3 is 2.55 bits per heavy atom. The molecule has 1 heterocycles. The van der Waals surface area contributed by atoms with Gasteiger partial charge in [0.15, 0.2) is 0 Å². The maximum Gasteiger partial charge on any atom is 0.257 e. The minimum absolute atomic E-state index is 0.0606. The fourth-order valence-electron chi connectivity index (χ4n) is 2.86. The number of hydrogen-bond donors (Lipinski definition) is 0. The average Bonchev–Trinajstić information content (AvgIpc) is 2.72. The van der Waals surface area contributed by atoms with Crippen LogP contribution in [0.3, 0.4) is 0 Å². The highest BCUT2D eigenvalue weighted by atomic mass is 32.2. The van der Waals surface area contributed by atoms with Crippen molar-refractivity contribution in [3.8, 4) is 6.07 Å². The number of benzene rings is 1. The van der Waals surface area contributed by atoms with Crippen molar-refractivity contribution >= 4 is 15.9 Å². The van der Waals surface area contributed by atoms with E-state index in [4.69, 9.17) is 5.26 Å². The predicted octanol–water partition coefficient (Wildman–Crippen LogP) is 2.81. The molecule has 1 amide bonds. The first kappa shape index (κ1) is 22.5. The van der Waals surface area contributed by atoms with Gasteiger partial charge in [0.05, 0.1) is 22.9 Å². The summed E-state index contributed by atoms with van der Waals surface area (Å²) in [5.74, 6) is -1.50. The number of carbonyl (C=O) groups is 1. The molecule has 0 aliphatic rings. The van der Waals surface area contributed by atoms with E-state index in [-0.39, 0.29) is 43.1 Å². The highest BCUT2D eigenvalue weighted by Gasteiger charge is 2.26.